The van der Waals surface area contributed by atoms with Gasteiger partial charge in [-0.05, 0) is 31.2 Å². The molecule has 0 saturated carbocycles. The summed E-state index contributed by atoms with van der Waals surface area (Å²) in [5.74, 6) is 1.43. The van der Waals surface area contributed by atoms with Crippen molar-refractivity contribution >= 4 is 11.9 Å². The van der Waals surface area contributed by atoms with E-state index in [-0.39, 0.29) is 12.0 Å². The van der Waals surface area contributed by atoms with Crippen LogP contribution in [0.5, 0.6) is 5.75 Å². The standard InChI is InChI=1S/C21H30N6O3/c1-4-22-21(27-11-12-30-19(15-27)17-13-25-26(2)14-17)24-10-9-23-20(28)16-5-7-18(29-3)8-6-16/h5-8,13-14,19H,4,9-12,15H2,1-3H3,(H,22,24)(H,23,28). The van der Waals surface area contributed by atoms with E-state index in [9.17, 15) is 4.79 Å². The summed E-state index contributed by atoms with van der Waals surface area (Å²) in [5.41, 5.74) is 1.66. The maximum absolute atomic E-state index is 12.3. The van der Waals surface area contributed by atoms with Crippen LogP contribution in [-0.4, -0.2) is 73.0 Å². The zero-order chi connectivity index (χ0) is 21.3. The summed E-state index contributed by atoms with van der Waals surface area (Å²) < 4.78 is 12.8. The average Bonchev–Trinajstić information content (AvgIpc) is 3.22. The van der Waals surface area contributed by atoms with Gasteiger partial charge >= 0.3 is 0 Å². The van der Waals surface area contributed by atoms with E-state index in [1.54, 1.807) is 36.1 Å². The quantitative estimate of drug-likeness (QED) is 0.402. The number of morpholine rings is 1. The fourth-order valence-electron chi connectivity index (χ4n) is 3.25. The number of nitrogens with one attached hydrogen (secondary N) is 2. The molecule has 1 amide bonds. The fourth-order valence-corrected chi connectivity index (χ4v) is 3.25. The summed E-state index contributed by atoms with van der Waals surface area (Å²) >= 11 is 0. The number of rotatable bonds is 7. The summed E-state index contributed by atoms with van der Waals surface area (Å²) in [6.07, 6.45) is 3.78. The summed E-state index contributed by atoms with van der Waals surface area (Å²) in [7, 11) is 3.50. The van der Waals surface area contributed by atoms with Crippen LogP contribution in [0.15, 0.2) is 41.7 Å². The maximum Gasteiger partial charge on any atom is 0.251 e. The molecule has 1 fully saturated rings. The van der Waals surface area contributed by atoms with Gasteiger partial charge in [0.25, 0.3) is 5.91 Å². The van der Waals surface area contributed by atoms with Gasteiger partial charge in [0.05, 0.1) is 33.0 Å². The molecule has 0 aliphatic carbocycles. The number of carbonyl (C=O) groups is 1. The summed E-state index contributed by atoms with van der Waals surface area (Å²) in [4.78, 5) is 19.1. The number of aryl methyl sites for hydroxylation is 1. The van der Waals surface area contributed by atoms with Crippen molar-refractivity contribution in [2.24, 2.45) is 12.0 Å². The minimum atomic E-state index is -0.124. The maximum atomic E-state index is 12.3. The van der Waals surface area contributed by atoms with E-state index in [4.69, 9.17) is 9.47 Å². The molecule has 2 aromatic rings. The summed E-state index contributed by atoms with van der Waals surface area (Å²) in [5, 5.41) is 10.5. The number of aliphatic imine (C=N–C) groups is 1. The van der Waals surface area contributed by atoms with E-state index in [0.717, 1.165) is 30.4 Å². The molecule has 30 heavy (non-hydrogen) atoms. The van der Waals surface area contributed by atoms with Crippen LogP contribution in [0.3, 0.4) is 0 Å². The molecule has 2 N–H and O–H groups in total. The van der Waals surface area contributed by atoms with Gasteiger partial charge in [0.15, 0.2) is 5.96 Å². The number of amides is 1. The fraction of sp³-hybridized carbons (Fsp3) is 0.476. The number of hydrogen-bond donors (Lipinski definition) is 2. The molecule has 1 aliphatic heterocycles. The molecule has 1 unspecified atom stereocenters. The van der Waals surface area contributed by atoms with Gasteiger partial charge in [-0.25, -0.2) is 0 Å². The van der Waals surface area contributed by atoms with Crippen molar-refractivity contribution in [3.8, 4) is 5.75 Å². The molecule has 1 aromatic heterocycles. The average molecular weight is 415 g/mol. The Hall–Kier alpha value is -3.07. The highest BCUT2D eigenvalue weighted by molar-refractivity contribution is 5.94. The van der Waals surface area contributed by atoms with E-state index in [1.165, 1.54) is 0 Å². The van der Waals surface area contributed by atoms with Gasteiger partial charge < -0.3 is 25.0 Å². The molecule has 0 spiro atoms. The van der Waals surface area contributed by atoms with E-state index in [0.29, 0.717) is 31.8 Å². The Bertz CT molecular complexity index is 849. The Morgan fingerprint density at radius 2 is 2.13 bits per heavy atom. The Labute approximate surface area is 177 Å². The van der Waals surface area contributed by atoms with Crippen LogP contribution < -0.4 is 15.4 Å². The van der Waals surface area contributed by atoms with Crippen molar-refractivity contribution < 1.29 is 14.3 Å². The molecular formula is C21H30N6O3. The summed E-state index contributed by atoms with van der Waals surface area (Å²) in [6.45, 7) is 5.84. The lowest BCUT2D eigenvalue weighted by Crippen LogP contribution is -2.48. The van der Waals surface area contributed by atoms with Crippen LogP contribution in [0, 0.1) is 0 Å². The lowest BCUT2D eigenvalue weighted by atomic mass is 10.1. The van der Waals surface area contributed by atoms with Crippen LogP contribution in [-0.2, 0) is 11.8 Å². The molecule has 2 heterocycles. The van der Waals surface area contributed by atoms with Crippen molar-refractivity contribution in [2.75, 3.05) is 46.4 Å². The van der Waals surface area contributed by atoms with Crippen molar-refractivity contribution in [3.05, 3.63) is 47.8 Å². The first-order valence-corrected chi connectivity index (χ1v) is 10.2. The Balaban J connectivity index is 1.53. The highest BCUT2D eigenvalue weighted by Gasteiger charge is 2.25. The van der Waals surface area contributed by atoms with Crippen LogP contribution in [0.2, 0.25) is 0 Å². The second kappa shape index (κ2) is 10.6. The Morgan fingerprint density at radius 1 is 1.33 bits per heavy atom. The van der Waals surface area contributed by atoms with E-state index in [2.05, 4.69) is 25.6 Å². The van der Waals surface area contributed by atoms with Crippen LogP contribution in [0.4, 0.5) is 0 Å². The highest BCUT2D eigenvalue weighted by atomic mass is 16.5. The van der Waals surface area contributed by atoms with Crippen LogP contribution in [0.1, 0.15) is 28.9 Å². The second-order valence-electron chi connectivity index (χ2n) is 6.97. The number of methoxy groups -OCH3 is 1. The zero-order valence-electron chi connectivity index (χ0n) is 17.8. The van der Waals surface area contributed by atoms with E-state index >= 15 is 0 Å². The SMILES string of the molecule is CCNC(=NCCNC(=O)c1ccc(OC)cc1)N1CCOC(c2cnn(C)c2)C1. The number of carbonyl (C=O) groups excluding carboxylic acids is 1. The largest absolute Gasteiger partial charge is 0.497 e. The van der Waals surface area contributed by atoms with Gasteiger partial charge in [0.1, 0.15) is 11.9 Å². The number of benzene rings is 1. The van der Waals surface area contributed by atoms with E-state index in [1.807, 2.05) is 26.4 Å². The lowest BCUT2D eigenvalue weighted by Gasteiger charge is -2.34. The lowest BCUT2D eigenvalue weighted by molar-refractivity contribution is -0.00803. The number of aromatic nitrogens is 2. The first-order valence-electron chi connectivity index (χ1n) is 10.2. The third-order valence-electron chi connectivity index (χ3n) is 4.81. The molecule has 1 aliphatic rings. The Kier molecular flexibility index (Phi) is 7.67. The molecule has 3 rings (SSSR count). The van der Waals surface area contributed by atoms with Gasteiger partial charge in [0, 0.05) is 44.0 Å². The molecule has 1 saturated heterocycles. The van der Waals surface area contributed by atoms with Gasteiger partial charge in [-0.1, -0.05) is 0 Å². The minimum absolute atomic E-state index is 0.0360. The van der Waals surface area contributed by atoms with Crippen molar-refractivity contribution in [3.63, 3.8) is 0 Å². The highest BCUT2D eigenvalue weighted by Crippen LogP contribution is 2.21. The summed E-state index contributed by atoms with van der Waals surface area (Å²) in [6, 6.07) is 7.03. The molecule has 0 radical (unpaired) electrons. The van der Waals surface area contributed by atoms with Crippen LogP contribution >= 0.6 is 0 Å². The number of ether oxygens (including phenoxy) is 2. The van der Waals surface area contributed by atoms with Gasteiger partial charge in [0.2, 0.25) is 0 Å². The third-order valence-corrected chi connectivity index (χ3v) is 4.81. The Morgan fingerprint density at radius 3 is 2.80 bits per heavy atom. The number of guanidine groups is 1. The monoisotopic (exact) mass is 414 g/mol. The molecule has 1 aromatic carbocycles. The van der Waals surface area contributed by atoms with Crippen molar-refractivity contribution in [2.45, 2.75) is 13.0 Å². The van der Waals surface area contributed by atoms with Gasteiger partial charge in [-0.2, -0.15) is 5.10 Å². The number of hydrogen-bond acceptors (Lipinski definition) is 5. The second-order valence-corrected chi connectivity index (χ2v) is 6.97. The van der Waals surface area contributed by atoms with Crippen molar-refractivity contribution in [1.29, 1.82) is 0 Å². The van der Waals surface area contributed by atoms with E-state index < -0.39 is 0 Å². The van der Waals surface area contributed by atoms with Crippen LogP contribution in [0.25, 0.3) is 0 Å². The number of nitrogens with zero attached hydrogens (tertiary/aromatic N) is 4. The topological polar surface area (TPSA) is 93.0 Å². The molecule has 0 bridgehead atoms. The first kappa shape index (κ1) is 21.6. The predicted molar refractivity (Wildman–Crippen MR) is 115 cm³/mol. The first-order chi connectivity index (χ1) is 14.6. The zero-order valence-corrected chi connectivity index (χ0v) is 17.8. The van der Waals surface area contributed by atoms with Gasteiger partial charge in [-0.3, -0.25) is 14.5 Å². The molecule has 1 atom stereocenters. The normalized spacial score (nSPS) is 17.0. The molecule has 9 heteroatoms. The molecule has 162 valence electrons. The smallest absolute Gasteiger partial charge is 0.251 e. The minimum Gasteiger partial charge on any atom is -0.497 e. The predicted octanol–water partition coefficient (Wildman–Crippen LogP) is 1.20. The third kappa shape index (κ3) is 5.73. The molecule has 9 nitrogen and oxygen atoms in total. The van der Waals surface area contributed by atoms with Crippen molar-refractivity contribution in [1.82, 2.24) is 25.3 Å². The van der Waals surface area contributed by atoms with Gasteiger partial charge in [-0.15, -0.1) is 0 Å². The molecular weight excluding hydrogens is 384 g/mol.